The van der Waals surface area contributed by atoms with Gasteiger partial charge in [-0.2, -0.15) is 0 Å². The topological polar surface area (TPSA) is 80.6 Å². The minimum absolute atomic E-state index is 0.0663. The molecule has 1 saturated carbocycles. The van der Waals surface area contributed by atoms with E-state index in [1.165, 1.54) is 12.8 Å². The predicted octanol–water partition coefficient (Wildman–Crippen LogP) is 7.30. The van der Waals surface area contributed by atoms with Crippen LogP contribution in [0.3, 0.4) is 0 Å². The molecule has 47 heavy (non-hydrogen) atoms. The van der Waals surface area contributed by atoms with Crippen LogP contribution in [0.15, 0.2) is 57.6 Å². The van der Waals surface area contributed by atoms with Gasteiger partial charge in [0.2, 0.25) is 10.0 Å². The Hall–Kier alpha value is -3.05. The van der Waals surface area contributed by atoms with Crippen LogP contribution in [0.25, 0.3) is 0 Å². The largest absolute Gasteiger partial charge is 0.360 e. The zero-order valence-electron chi connectivity index (χ0n) is 28.6. The molecule has 1 aliphatic carbocycles. The highest BCUT2D eigenvalue weighted by atomic mass is 32.2. The number of benzene rings is 1. The molecule has 5 aliphatic rings. The van der Waals surface area contributed by atoms with E-state index in [4.69, 9.17) is 4.99 Å². The fourth-order valence-electron chi connectivity index (χ4n) is 8.06. The maximum Gasteiger partial charge on any atom is 0.232 e. The third-order valence-corrected chi connectivity index (χ3v) is 12.7. The van der Waals surface area contributed by atoms with Gasteiger partial charge in [0.1, 0.15) is 17.3 Å². The molecule has 0 aromatic heterocycles. The molecule has 256 valence electrons. The van der Waals surface area contributed by atoms with Crippen molar-refractivity contribution in [1.82, 2.24) is 9.80 Å². The maximum atomic E-state index is 16.4. The van der Waals surface area contributed by atoms with E-state index in [9.17, 15) is 8.42 Å². The first-order valence-electron chi connectivity index (χ1n) is 17.4. The normalized spacial score (nSPS) is 28.7. The van der Waals surface area contributed by atoms with Crippen molar-refractivity contribution in [1.29, 1.82) is 0 Å². The van der Waals surface area contributed by atoms with Crippen LogP contribution in [0.1, 0.15) is 79.6 Å². The average Bonchev–Trinajstić information content (AvgIpc) is 3.86. The number of nitrogens with one attached hydrogen (secondary N) is 1. The number of sulfonamides is 1. The van der Waals surface area contributed by atoms with Gasteiger partial charge in [-0.05, 0) is 87.0 Å². The molecule has 4 atom stereocenters. The van der Waals surface area contributed by atoms with E-state index in [0.29, 0.717) is 24.1 Å². The molecule has 4 unspecified atom stereocenters. The second-order valence-corrected chi connectivity index (χ2v) is 16.2. The maximum absolute atomic E-state index is 16.4. The molecule has 4 aliphatic heterocycles. The number of hydrogen-bond donors (Lipinski definition) is 1. The summed E-state index contributed by atoms with van der Waals surface area (Å²) in [7, 11) is -1.65. The molecule has 0 spiro atoms. The van der Waals surface area contributed by atoms with Crippen molar-refractivity contribution in [2.75, 3.05) is 35.5 Å². The van der Waals surface area contributed by atoms with Crippen molar-refractivity contribution in [2.24, 2.45) is 33.2 Å². The number of hydrogen-bond acceptors (Lipinski definition) is 7. The minimum atomic E-state index is -3.80. The summed E-state index contributed by atoms with van der Waals surface area (Å²) >= 11 is 0. The number of fused-ring (bicyclic) bond motifs is 1. The Kier molecular flexibility index (Phi) is 9.43. The highest BCUT2D eigenvalue weighted by Gasteiger charge is 2.53. The van der Waals surface area contributed by atoms with Gasteiger partial charge >= 0.3 is 0 Å². The minimum Gasteiger partial charge on any atom is -0.360 e. The van der Waals surface area contributed by atoms with E-state index in [-0.39, 0.29) is 29.0 Å². The summed E-state index contributed by atoms with van der Waals surface area (Å²) in [6.07, 6.45) is 14.2. The van der Waals surface area contributed by atoms with Crippen LogP contribution >= 0.6 is 0 Å². The van der Waals surface area contributed by atoms with Crippen molar-refractivity contribution in [3.63, 3.8) is 0 Å². The smallest absolute Gasteiger partial charge is 0.232 e. The van der Waals surface area contributed by atoms with Gasteiger partial charge < -0.3 is 14.7 Å². The summed E-state index contributed by atoms with van der Waals surface area (Å²) in [6.45, 7) is 12.6. The van der Waals surface area contributed by atoms with Gasteiger partial charge in [-0.3, -0.25) is 9.71 Å². The van der Waals surface area contributed by atoms with Crippen LogP contribution in [0.4, 0.5) is 20.2 Å². The monoisotopic (exact) mass is 668 g/mol. The second kappa shape index (κ2) is 13.1. The molecule has 1 aromatic carbocycles. The number of allylic oxidation sites excluding steroid dienone is 2. The molecule has 11 heteroatoms. The fraction of sp³-hybridized carbons (Fsp3) is 0.611. The van der Waals surface area contributed by atoms with Crippen LogP contribution in [0.5, 0.6) is 0 Å². The summed E-state index contributed by atoms with van der Waals surface area (Å²) in [5, 5.41) is 0. The quantitative estimate of drug-likeness (QED) is 0.299. The lowest BCUT2D eigenvalue weighted by Crippen LogP contribution is -2.51. The SMILES string of the molecule is CCCS(=O)(=O)Nc1ccc(F)c(N2C=C(C3=CN=CC(C)C(C)C3)C3(C)C2=CN=C(N(C)C2CCN(C4CC4)CC2)C3CC)c1F. The molecule has 6 rings (SSSR count). The van der Waals surface area contributed by atoms with E-state index >= 15 is 8.78 Å². The van der Waals surface area contributed by atoms with Crippen LogP contribution in [0.2, 0.25) is 0 Å². The first-order chi connectivity index (χ1) is 22.4. The van der Waals surface area contributed by atoms with Gasteiger partial charge in [0.05, 0.1) is 17.1 Å². The van der Waals surface area contributed by atoms with Gasteiger partial charge in [-0.15, -0.1) is 0 Å². The summed E-state index contributed by atoms with van der Waals surface area (Å²) < 4.78 is 59.7. The van der Waals surface area contributed by atoms with E-state index in [1.807, 2.05) is 18.6 Å². The number of anilines is 2. The van der Waals surface area contributed by atoms with Crippen molar-refractivity contribution >= 4 is 33.4 Å². The van der Waals surface area contributed by atoms with Crippen molar-refractivity contribution in [3.8, 4) is 0 Å². The molecular formula is C36H50F2N6O2S. The van der Waals surface area contributed by atoms with Crippen LogP contribution in [-0.4, -0.2) is 68.2 Å². The lowest BCUT2D eigenvalue weighted by Gasteiger charge is -2.46. The first kappa shape index (κ1) is 33.8. The van der Waals surface area contributed by atoms with Crippen LogP contribution in [-0.2, 0) is 10.0 Å². The third kappa shape index (κ3) is 6.30. The Bertz CT molecular complexity index is 1640. The Morgan fingerprint density at radius 1 is 1.09 bits per heavy atom. The molecule has 1 N–H and O–H groups in total. The summed E-state index contributed by atoms with van der Waals surface area (Å²) in [5.41, 5.74) is 1.41. The average molecular weight is 669 g/mol. The number of piperidine rings is 1. The molecule has 0 radical (unpaired) electrons. The van der Waals surface area contributed by atoms with E-state index < -0.39 is 27.1 Å². The van der Waals surface area contributed by atoms with Gasteiger partial charge in [-0.1, -0.05) is 27.7 Å². The zero-order chi connectivity index (χ0) is 33.7. The van der Waals surface area contributed by atoms with Gasteiger partial charge in [0.15, 0.2) is 5.82 Å². The Balaban J connectivity index is 1.44. The number of aliphatic imine (C=N–C) groups is 2. The third-order valence-electron chi connectivity index (χ3n) is 11.2. The Labute approximate surface area is 279 Å². The highest BCUT2D eigenvalue weighted by Crippen LogP contribution is 2.57. The molecule has 0 bridgehead atoms. The molecule has 8 nitrogen and oxygen atoms in total. The van der Waals surface area contributed by atoms with Gasteiger partial charge in [0.25, 0.3) is 0 Å². The summed E-state index contributed by atoms with van der Waals surface area (Å²) in [6, 6.07) is 3.41. The Morgan fingerprint density at radius 2 is 1.81 bits per heavy atom. The standard InChI is InChI=1S/C36H50F2N6O2S/c1-7-17-47(45,46)41-31-12-11-30(37)34(33(31)38)44-22-29(25-18-23(3)24(4)19-39-20-25)36(5)28(8-2)35(40-21-32(36)44)42(6)26-13-15-43(16-14-26)27-9-10-27/h11-12,19-24,26-28,41H,7-10,13-18H2,1-6H3. The Morgan fingerprint density at radius 3 is 2.47 bits per heavy atom. The lowest BCUT2D eigenvalue weighted by molar-refractivity contribution is 0.152. The highest BCUT2D eigenvalue weighted by molar-refractivity contribution is 7.92. The molecule has 1 aromatic rings. The predicted molar refractivity (Wildman–Crippen MR) is 187 cm³/mol. The van der Waals surface area contributed by atoms with Crippen LogP contribution in [0, 0.1) is 34.8 Å². The summed E-state index contributed by atoms with van der Waals surface area (Å²) in [5.74, 6) is -0.364. The van der Waals surface area contributed by atoms with E-state index in [1.54, 1.807) is 18.0 Å². The summed E-state index contributed by atoms with van der Waals surface area (Å²) in [4.78, 5) is 16.3. The van der Waals surface area contributed by atoms with Crippen molar-refractivity contribution in [2.45, 2.75) is 91.6 Å². The van der Waals surface area contributed by atoms with Crippen LogP contribution < -0.4 is 9.62 Å². The fourth-order valence-corrected chi connectivity index (χ4v) is 9.19. The number of amidine groups is 1. The second-order valence-electron chi connectivity index (χ2n) is 14.4. The zero-order valence-corrected chi connectivity index (χ0v) is 29.5. The number of nitrogens with zero attached hydrogens (tertiary/aromatic N) is 5. The lowest BCUT2D eigenvalue weighted by atomic mass is 9.65. The van der Waals surface area contributed by atoms with Gasteiger partial charge in [0, 0.05) is 68.4 Å². The molecule has 4 heterocycles. The van der Waals surface area contributed by atoms with E-state index in [0.717, 1.165) is 73.9 Å². The van der Waals surface area contributed by atoms with Gasteiger partial charge in [-0.25, -0.2) is 22.2 Å². The van der Waals surface area contributed by atoms with E-state index in [2.05, 4.69) is 54.3 Å². The van der Waals surface area contributed by atoms with Crippen molar-refractivity contribution < 1.29 is 17.2 Å². The number of halogens is 2. The molecule has 1 saturated heterocycles. The first-order valence-corrected chi connectivity index (χ1v) is 19.0. The molecule has 2 fully saturated rings. The molecule has 0 amide bonds. The molecular weight excluding hydrogens is 618 g/mol. The number of likely N-dealkylation sites (tertiary alicyclic amines) is 1. The van der Waals surface area contributed by atoms with Crippen molar-refractivity contribution in [3.05, 3.63) is 59.2 Å². The number of rotatable bonds is 9.